The van der Waals surface area contributed by atoms with Gasteiger partial charge in [0.1, 0.15) is 6.54 Å². The van der Waals surface area contributed by atoms with E-state index in [2.05, 4.69) is 10.2 Å². The molecule has 3 heterocycles. The highest BCUT2D eigenvalue weighted by atomic mass is 35.5. The maximum atomic E-state index is 13.1. The Morgan fingerprint density at radius 2 is 1.90 bits per heavy atom. The van der Waals surface area contributed by atoms with Crippen LogP contribution in [0, 0.1) is 13.8 Å². The van der Waals surface area contributed by atoms with Gasteiger partial charge in [0, 0.05) is 6.54 Å². The molecule has 4 rings (SSSR count). The summed E-state index contributed by atoms with van der Waals surface area (Å²) in [7, 11) is 0. The lowest BCUT2D eigenvalue weighted by atomic mass is 10.1. The fourth-order valence-corrected chi connectivity index (χ4v) is 3.83. The van der Waals surface area contributed by atoms with Crippen LogP contribution in [0.15, 0.2) is 30.5 Å². The number of benzene rings is 1. The minimum Gasteiger partial charge on any atom is -0.308 e. The van der Waals surface area contributed by atoms with Gasteiger partial charge < -0.3 is 4.90 Å². The van der Waals surface area contributed by atoms with E-state index in [9.17, 15) is 18.0 Å². The molecule has 10 heteroatoms. The Kier molecular flexibility index (Phi) is 5.09. The average Bonchev–Trinajstić information content (AvgIpc) is 3.25. The summed E-state index contributed by atoms with van der Waals surface area (Å²) in [5.74, 6) is -0.365. The number of carbonyl (C=O) groups excluding carboxylic acids is 1. The summed E-state index contributed by atoms with van der Waals surface area (Å²) >= 11 is 5.79. The molecule has 0 N–H and O–H groups in total. The minimum absolute atomic E-state index is 0.102. The van der Waals surface area contributed by atoms with Crippen molar-refractivity contribution in [2.45, 2.75) is 39.4 Å². The summed E-state index contributed by atoms with van der Waals surface area (Å²) in [5, 5.41) is 7.48. The number of anilines is 1. The van der Waals surface area contributed by atoms with Crippen molar-refractivity contribution in [1.82, 2.24) is 19.6 Å². The highest BCUT2D eigenvalue weighted by Gasteiger charge is 2.38. The highest BCUT2D eigenvalue weighted by molar-refractivity contribution is 6.32. The zero-order chi connectivity index (χ0) is 21.6. The Labute approximate surface area is 175 Å². The third-order valence-corrected chi connectivity index (χ3v) is 5.65. The van der Waals surface area contributed by atoms with Crippen LogP contribution in [0.3, 0.4) is 0 Å². The van der Waals surface area contributed by atoms with E-state index >= 15 is 0 Å². The molecule has 0 saturated heterocycles. The van der Waals surface area contributed by atoms with Crippen LogP contribution in [0.5, 0.6) is 0 Å². The first-order chi connectivity index (χ1) is 14.2. The Morgan fingerprint density at radius 1 is 1.20 bits per heavy atom. The lowest BCUT2D eigenvalue weighted by Crippen LogP contribution is -2.38. The maximum Gasteiger partial charge on any atom is 0.436 e. The maximum absolute atomic E-state index is 13.1. The SMILES string of the molecule is Cc1ccc(-n2ncc3c2CCCN3C(=O)Cn2nc(C(F)(F)F)c(Cl)c2C)cc1. The Bertz CT molecular complexity index is 1100. The molecule has 1 aromatic carbocycles. The van der Waals surface area contributed by atoms with Crippen molar-refractivity contribution in [2.75, 3.05) is 11.4 Å². The van der Waals surface area contributed by atoms with E-state index in [4.69, 9.17) is 11.6 Å². The summed E-state index contributed by atoms with van der Waals surface area (Å²) in [6, 6.07) is 7.88. The molecule has 1 aliphatic heterocycles. The molecule has 0 radical (unpaired) electrons. The smallest absolute Gasteiger partial charge is 0.308 e. The molecule has 0 aliphatic carbocycles. The molecule has 0 saturated carbocycles. The van der Waals surface area contributed by atoms with Crippen LogP contribution in [0.1, 0.15) is 29.1 Å². The van der Waals surface area contributed by atoms with Crippen LogP contribution in [0.25, 0.3) is 5.69 Å². The van der Waals surface area contributed by atoms with Gasteiger partial charge in [-0.1, -0.05) is 29.3 Å². The summed E-state index contributed by atoms with van der Waals surface area (Å²) in [6.07, 6.45) is -1.58. The third-order valence-electron chi connectivity index (χ3n) is 5.20. The highest BCUT2D eigenvalue weighted by Crippen LogP contribution is 2.35. The lowest BCUT2D eigenvalue weighted by Gasteiger charge is -2.27. The van der Waals surface area contributed by atoms with E-state index in [1.807, 2.05) is 31.2 Å². The van der Waals surface area contributed by atoms with Gasteiger partial charge in [0.2, 0.25) is 5.91 Å². The normalized spacial score (nSPS) is 14.1. The van der Waals surface area contributed by atoms with Crippen molar-refractivity contribution in [3.8, 4) is 5.69 Å². The monoisotopic (exact) mass is 437 g/mol. The fraction of sp³-hybridized carbons (Fsp3) is 0.350. The van der Waals surface area contributed by atoms with E-state index in [0.717, 1.165) is 34.5 Å². The van der Waals surface area contributed by atoms with Crippen LogP contribution in [0.2, 0.25) is 5.02 Å². The Balaban J connectivity index is 1.62. The number of rotatable bonds is 3. The number of halogens is 4. The molecular formula is C20H19ClF3N5O. The van der Waals surface area contributed by atoms with Gasteiger partial charge in [0.25, 0.3) is 0 Å². The van der Waals surface area contributed by atoms with Crippen molar-refractivity contribution in [3.05, 3.63) is 58.1 Å². The van der Waals surface area contributed by atoms with Crippen molar-refractivity contribution >= 4 is 23.2 Å². The molecule has 0 bridgehead atoms. The number of aromatic nitrogens is 4. The molecule has 0 spiro atoms. The van der Waals surface area contributed by atoms with Gasteiger partial charge in [-0.05, 0) is 38.8 Å². The molecule has 0 unspecified atom stereocenters. The standard InChI is InChI=1S/C20H19ClF3N5O/c1-12-5-7-14(8-6-12)29-15-4-3-9-27(16(15)10-25-29)17(30)11-28-13(2)18(21)19(26-28)20(22,23)24/h5-8,10H,3-4,9,11H2,1-2H3. The van der Waals surface area contributed by atoms with Crippen LogP contribution in [0.4, 0.5) is 18.9 Å². The minimum atomic E-state index is -4.68. The third kappa shape index (κ3) is 3.58. The predicted octanol–water partition coefficient (Wildman–Crippen LogP) is 4.34. The quantitative estimate of drug-likeness (QED) is 0.612. The van der Waals surface area contributed by atoms with Gasteiger partial charge in [-0.25, -0.2) is 4.68 Å². The van der Waals surface area contributed by atoms with Crippen molar-refractivity contribution in [3.63, 3.8) is 0 Å². The Morgan fingerprint density at radius 3 is 2.53 bits per heavy atom. The Hall–Kier alpha value is -2.81. The van der Waals surface area contributed by atoms with Crippen molar-refractivity contribution in [1.29, 1.82) is 0 Å². The molecule has 30 heavy (non-hydrogen) atoms. The predicted molar refractivity (Wildman–Crippen MR) is 106 cm³/mol. The van der Waals surface area contributed by atoms with Crippen molar-refractivity contribution in [2.24, 2.45) is 0 Å². The first-order valence-electron chi connectivity index (χ1n) is 9.41. The first kappa shape index (κ1) is 20.5. The number of carbonyl (C=O) groups is 1. The zero-order valence-corrected chi connectivity index (χ0v) is 17.1. The first-order valence-corrected chi connectivity index (χ1v) is 9.79. The molecule has 6 nitrogen and oxygen atoms in total. The van der Waals surface area contributed by atoms with E-state index in [0.29, 0.717) is 12.2 Å². The molecule has 0 fully saturated rings. The second-order valence-corrected chi connectivity index (χ2v) is 7.65. The summed E-state index contributed by atoms with van der Waals surface area (Å²) in [4.78, 5) is 14.5. The molecule has 1 amide bonds. The van der Waals surface area contributed by atoms with E-state index in [-0.39, 0.29) is 18.1 Å². The molecule has 0 atom stereocenters. The van der Waals surface area contributed by atoms with Crippen molar-refractivity contribution < 1.29 is 18.0 Å². The summed E-state index contributed by atoms with van der Waals surface area (Å²) in [5.41, 5.74) is 2.50. The summed E-state index contributed by atoms with van der Waals surface area (Å²) in [6.45, 7) is 3.54. The molecule has 3 aromatic rings. The number of hydrogen-bond acceptors (Lipinski definition) is 3. The van der Waals surface area contributed by atoms with Gasteiger partial charge in [0.15, 0.2) is 5.69 Å². The van der Waals surface area contributed by atoms with Gasteiger partial charge in [0.05, 0.1) is 34.0 Å². The number of fused-ring (bicyclic) bond motifs is 1. The topological polar surface area (TPSA) is 56.0 Å². The largest absolute Gasteiger partial charge is 0.436 e. The second-order valence-electron chi connectivity index (χ2n) is 7.28. The fourth-order valence-electron chi connectivity index (χ4n) is 3.59. The van der Waals surface area contributed by atoms with E-state index in [1.165, 1.54) is 6.92 Å². The van der Waals surface area contributed by atoms with Gasteiger partial charge in [-0.2, -0.15) is 23.4 Å². The molecule has 158 valence electrons. The number of aryl methyl sites for hydroxylation is 1. The average molecular weight is 438 g/mol. The van der Waals surface area contributed by atoms with Gasteiger partial charge >= 0.3 is 6.18 Å². The van der Waals surface area contributed by atoms with Gasteiger partial charge in [-0.15, -0.1) is 0 Å². The molecule has 1 aliphatic rings. The van der Waals surface area contributed by atoms with Crippen LogP contribution in [-0.2, 0) is 23.9 Å². The van der Waals surface area contributed by atoms with Crippen LogP contribution < -0.4 is 4.90 Å². The zero-order valence-electron chi connectivity index (χ0n) is 16.4. The number of alkyl halides is 3. The number of hydrogen-bond donors (Lipinski definition) is 0. The van der Waals surface area contributed by atoms with E-state index in [1.54, 1.807) is 15.8 Å². The number of nitrogens with zero attached hydrogens (tertiary/aromatic N) is 5. The van der Waals surface area contributed by atoms with E-state index < -0.39 is 16.9 Å². The number of amides is 1. The van der Waals surface area contributed by atoms with Gasteiger partial charge in [-0.3, -0.25) is 9.48 Å². The van der Waals surface area contributed by atoms with Crippen LogP contribution >= 0.6 is 11.6 Å². The molecular weight excluding hydrogens is 419 g/mol. The summed E-state index contributed by atoms with van der Waals surface area (Å²) < 4.78 is 42.0. The molecule has 2 aromatic heterocycles. The lowest BCUT2D eigenvalue weighted by molar-refractivity contribution is -0.141. The second kappa shape index (κ2) is 7.46. The van der Waals surface area contributed by atoms with Crippen LogP contribution in [-0.4, -0.2) is 32.0 Å².